The summed E-state index contributed by atoms with van der Waals surface area (Å²) < 4.78 is 26.4. The number of benzene rings is 2. The molecule has 2 unspecified atom stereocenters. The highest BCUT2D eigenvalue weighted by molar-refractivity contribution is 5.74. The van der Waals surface area contributed by atoms with E-state index >= 15 is 0 Å². The normalized spacial score (nSPS) is 13.2. The van der Waals surface area contributed by atoms with Gasteiger partial charge in [-0.3, -0.25) is 0 Å². The zero-order valence-electron chi connectivity index (χ0n) is 13.3. The molecule has 0 bridgehead atoms. The van der Waals surface area contributed by atoms with Crippen molar-refractivity contribution in [2.24, 2.45) is 0 Å². The van der Waals surface area contributed by atoms with E-state index in [1.54, 1.807) is 25.1 Å². The van der Waals surface area contributed by atoms with E-state index in [2.05, 4.69) is 10.6 Å². The zero-order chi connectivity index (χ0) is 17.5. The molecule has 2 amide bonds. The van der Waals surface area contributed by atoms with Crippen LogP contribution in [0.3, 0.4) is 0 Å². The Hall–Kier alpha value is -2.47. The number of hydrogen-bond donors (Lipinski definition) is 3. The van der Waals surface area contributed by atoms with E-state index in [1.807, 2.05) is 0 Å². The summed E-state index contributed by atoms with van der Waals surface area (Å²) in [5.41, 5.74) is 1.03. The first kappa shape index (κ1) is 17.9. The molecule has 2 rings (SSSR count). The van der Waals surface area contributed by atoms with Crippen molar-refractivity contribution >= 4 is 6.03 Å². The van der Waals surface area contributed by atoms with Gasteiger partial charge in [0.15, 0.2) is 0 Å². The Labute approximate surface area is 139 Å². The molecular weight excluding hydrogens is 314 g/mol. The fourth-order valence-electron chi connectivity index (χ4n) is 2.31. The summed E-state index contributed by atoms with van der Waals surface area (Å²) in [4.78, 5) is 11.8. The van der Waals surface area contributed by atoms with Crippen molar-refractivity contribution in [3.05, 3.63) is 71.3 Å². The minimum Gasteiger partial charge on any atom is -0.387 e. The molecule has 3 N–H and O–H groups in total. The SMILES string of the molecule is CC(Cc1ccccc1F)NC(=O)NCC(O)c1ccc(F)cc1. The van der Waals surface area contributed by atoms with E-state index < -0.39 is 18.0 Å². The fraction of sp³-hybridized carbons (Fsp3) is 0.278. The number of carbonyl (C=O) groups excluding carboxylic acids is 1. The Balaban J connectivity index is 1.78. The maximum Gasteiger partial charge on any atom is 0.315 e. The smallest absolute Gasteiger partial charge is 0.315 e. The Morgan fingerprint density at radius 2 is 1.79 bits per heavy atom. The van der Waals surface area contributed by atoms with E-state index in [-0.39, 0.29) is 18.4 Å². The maximum absolute atomic E-state index is 13.6. The third-order valence-electron chi connectivity index (χ3n) is 3.57. The minimum atomic E-state index is -0.932. The van der Waals surface area contributed by atoms with Crippen molar-refractivity contribution in [2.45, 2.75) is 25.5 Å². The van der Waals surface area contributed by atoms with Crippen molar-refractivity contribution in [1.82, 2.24) is 10.6 Å². The maximum atomic E-state index is 13.6. The molecule has 128 valence electrons. The molecule has 0 saturated carbocycles. The predicted molar refractivity (Wildman–Crippen MR) is 87.5 cm³/mol. The first-order valence-corrected chi connectivity index (χ1v) is 7.67. The predicted octanol–water partition coefficient (Wildman–Crippen LogP) is 2.93. The number of aliphatic hydroxyl groups excluding tert-OH is 1. The molecule has 0 aliphatic heterocycles. The second kappa shape index (κ2) is 8.40. The van der Waals surface area contributed by atoms with Crippen LogP contribution in [-0.4, -0.2) is 23.7 Å². The second-order valence-electron chi connectivity index (χ2n) is 5.62. The Bertz CT molecular complexity index is 677. The van der Waals surface area contributed by atoms with Crippen LogP contribution in [0.5, 0.6) is 0 Å². The summed E-state index contributed by atoms with van der Waals surface area (Å²) in [6.45, 7) is 1.76. The third-order valence-corrected chi connectivity index (χ3v) is 3.57. The van der Waals surface area contributed by atoms with E-state index in [0.717, 1.165) is 0 Å². The Morgan fingerprint density at radius 3 is 2.46 bits per heavy atom. The molecule has 0 saturated heterocycles. The minimum absolute atomic E-state index is 0.0100. The van der Waals surface area contributed by atoms with Gasteiger partial charge in [0.05, 0.1) is 6.10 Å². The monoisotopic (exact) mass is 334 g/mol. The van der Waals surface area contributed by atoms with Crippen molar-refractivity contribution in [3.63, 3.8) is 0 Å². The van der Waals surface area contributed by atoms with Crippen LogP contribution in [0.2, 0.25) is 0 Å². The zero-order valence-corrected chi connectivity index (χ0v) is 13.3. The van der Waals surface area contributed by atoms with Crippen LogP contribution < -0.4 is 10.6 Å². The van der Waals surface area contributed by atoms with E-state index in [9.17, 15) is 18.7 Å². The molecule has 2 aromatic carbocycles. The molecule has 0 aliphatic rings. The van der Waals surface area contributed by atoms with Gasteiger partial charge in [-0.2, -0.15) is 0 Å². The van der Waals surface area contributed by atoms with Crippen LogP contribution in [0.25, 0.3) is 0 Å². The van der Waals surface area contributed by atoms with Gasteiger partial charge < -0.3 is 15.7 Å². The number of nitrogens with one attached hydrogen (secondary N) is 2. The highest BCUT2D eigenvalue weighted by atomic mass is 19.1. The van der Waals surface area contributed by atoms with Gasteiger partial charge in [-0.15, -0.1) is 0 Å². The first-order chi connectivity index (χ1) is 11.5. The van der Waals surface area contributed by atoms with Gasteiger partial charge in [0.1, 0.15) is 11.6 Å². The molecule has 2 atom stereocenters. The Morgan fingerprint density at radius 1 is 1.12 bits per heavy atom. The lowest BCUT2D eigenvalue weighted by atomic mass is 10.1. The summed E-state index contributed by atoms with van der Waals surface area (Å²) >= 11 is 0. The average Bonchev–Trinajstić information content (AvgIpc) is 2.55. The van der Waals surface area contributed by atoms with Crippen LogP contribution in [0.1, 0.15) is 24.2 Å². The molecule has 4 nitrogen and oxygen atoms in total. The number of carbonyl (C=O) groups is 1. The molecule has 0 radical (unpaired) electrons. The van der Waals surface area contributed by atoms with Crippen LogP contribution in [-0.2, 0) is 6.42 Å². The van der Waals surface area contributed by atoms with Gasteiger partial charge in [0.2, 0.25) is 0 Å². The van der Waals surface area contributed by atoms with E-state index in [0.29, 0.717) is 17.5 Å². The average molecular weight is 334 g/mol. The topological polar surface area (TPSA) is 61.4 Å². The summed E-state index contributed by atoms with van der Waals surface area (Å²) in [5, 5.41) is 15.2. The van der Waals surface area contributed by atoms with Crippen LogP contribution >= 0.6 is 0 Å². The van der Waals surface area contributed by atoms with Crippen molar-refractivity contribution in [2.75, 3.05) is 6.54 Å². The quantitative estimate of drug-likeness (QED) is 0.761. The number of urea groups is 1. The van der Waals surface area contributed by atoms with E-state index in [1.165, 1.54) is 30.3 Å². The molecule has 0 spiro atoms. The molecule has 0 heterocycles. The number of amides is 2. The standard InChI is InChI=1S/C18H20F2N2O2/c1-12(10-14-4-2-3-5-16(14)20)22-18(24)21-11-17(23)13-6-8-15(19)9-7-13/h2-9,12,17,23H,10-11H2,1H3,(H2,21,22,24). The second-order valence-corrected chi connectivity index (χ2v) is 5.62. The van der Waals surface area contributed by atoms with Crippen LogP contribution in [0.15, 0.2) is 48.5 Å². The van der Waals surface area contributed by atoms with E-state index in [4.69, 9.17) is 0 Å². The largest absolute Gasteiger partial charge is 0.387 e. The lowest BCUT2D eigenvalue weighted by Crippen LogP contribution is -2.43. The van der Waals surface area contributed by atoms with Gasteiger partial charge in [-0.25, -0.2) is 13.6 Å². The molecule has 0 aliphatic carbocycles. The highest BCUT2D eigenvalue weighted by Gasteiger charge is 2.13. The number of hydrogen-bond acceptors (Lipinski definition) is 2. The molecule has 6 heteroatoms. The number of rotatable bonds is 6. The number of aliphatic hydroxyl groups is 1. The summed E-state index contributed by atoms with van der Waals surface area (Å²) in [7, 11) is 0. The van der Waals surface area contributed by atoms with Gasteiger partial charge in [-0.1, -0.05) is 30.3 Å². The molecule has 0 fully saturated rings. The summed E-state index contributed by atoms with van der Waals surface area (Å²) in [6, 6.07) is 11.1. The highest BCUT2D eigenvalue weighted by Crippen LogP contribution is 2.12. The summed E-state index contributed by atoms with van der Waals surface area (Å²) in [5.74, 6) is -0.697. The molecular formula is C18H20F2N2O2. The molecule has 24 heavy (non-hydrogen) atoms. The van der Waals surface area contributed by atoms with Gasteiger partial charge >= 0.3 is 6.03 Å². The lowest BCUT2D eigenvalue weighted by Gasteiger charge is -2.17. The molecule has 0 aromatic heterocycles. The third kappa shape index (κ3) is 5.31. The summed E-state index contributed by atoms with van der Waals surface area (Å²) in [6.07, 6.45) is -0.570. The fourth-order valence-corrected chi connectivity index (χ4v) is 2.31. The number of halogens is 2. The van der Waals surface area contributed by atoms with Gasteiger partial charge in [0.25, 0.3) is 0 Å². The lowest BCUT2D eigenvalue weighted by molar-refractivity contribution is 0.172. The Kier molecular flexibility index (Phi) is 6.26. The van der Waals surface area contributed by atoms with Crippen molar-refractivity contribution in [3.8, 4) is 0 Å². The molecule has 2 aromatic rings. The van der Waals surface area contributed by atoms with Gasteiger partial charge in [-0.05, 0) is 42.7 Å². The van der Waals surface area contributed by atoms with Gasteiger partial charge in [0, 0.05) is 12.6 Å². The van der Waals surface area contributed by atoms with Crippen LogP contribution in [0.4, 0.5) is 13.6 Å². The van der Waals surface area contributed by atoms with Crippen LogP contribution in [0, 0.1) is 11.6 Å². The first-order valence-electron chi connectivity index (χ1n) is 7.67. The van der Waals surface area contributed by atoms with Crippen molar-refractivity contribution in [1.29, 1.82) is 0 Å². The van der Waals surface area contributed by atoms with Crippen molar-refractivity contribution < 1.29 is 18.7 Å².